The van der Waals surface area contributed by atoms with E-state index in [1.807, 2.05) is 0 Å². The van der Waals surface area contributed by atoms with Gasteiger partial charge in [-0.15, -0.1) is 0 Å². The minimum atomic E-state index is -0.696. The van der Waals surface area contributed by atoms with Crippen molar-refractivity contribution in [2.75, 3.05) is 0 Å². The molecule has 0 aliphatic rings. The molecule has 1 atom stereocenters. The topological polar surface area (TPSA) is 63.6 Å². The average molecular weight is 705 g/mol. The molecule has 296 valence electrons. The Bertz CT molecular complexity index is 717. The second-order valence-electron chi connectivity index (χ2n) is 15.6. The van der Waals surface area contributed by atoms with Crippen molar-refractivity contribution in [3.63, 3.8) is 0 Å². The molecule has 4 nitrogen and oxygen atoms in total. The number of hydrogen-bond acceptors (Lipinski definition) is 3. The van der Waals surface area contributed by atoms with Crippen LogP contribution < -0.4 is 0 Å². The third kappa shape index (κ3) is 41.1. The third-order valence-corrected chi connectivity index (χ3v) is 10.5. The molecule has 4 heteroatoms. The Labute approximate surface area is 313 Å². The van der Waals surface area contributed by atoms with Gasteiger partial charge in [0.25, 0.3) is 0 Å². The molecule has 1 N–H and O–H groups in total. The van der Waals surface area contributed by atoms with Gasteiger partial charge in [0.05, 0.1) is 0 Å². The van der Waals surface area contributed by atoms with E-state index >= 15 is 0 Å². The number of unbranched alkanes of at least 4 members (excludes halogenated alkanes) is 31. The van der Waals surface area contributed by atoms with Crippen molar-refractivity contribution in [2.45, 2.75) is 270 Å². The van der Waals surface area contributed by atoms with Crippen LogP contribution in [0.1, 0.15) is 264 Å². The summed E-state index contributed by atoms with van der Waals surface area (Å²) in [6.45, 7) is 4.56. The standard InChI is InChI=1S/C46H88O4/c1-3-5-7-9-11-13-15-17-18-19-20-21-22-24-26-28-30-35-39-43-46(49)50-44(41-37-33-31-34-38-42-45(47)48)40-36-32-29-27-25-23-16-14-12-10-8-6-4-2/h17-18,44H,3-16,19-43H2,1-2H3,(H,47,48)/b18-17-. The van der Waals surface area contributed by atoms with Gasteiger partial charge in [-0.2, -0.15) is 0 Å². The lowest BCUT2D eigenvalue weighted by Gasteiger charge is -2.18. The maximum atomic E-state index is 12.7. The maximum Gasteiger partial charge on any atom is 0.306 e. The molecule has 0 saturated heterocycles. The highest BCUT2D eigenvalue weighted by atomic mass is 16.5. The van der Waals surface area contributed by atoms with Gasteiger partial charge in [-0.05, 0) is 64.2 Å². The fourth-order valence-corrected chi connectivity index (χ4v) is 7.12. The number of carbonyl (C=O) groups excluding carboxylic acids is 1. The zero-order chi connectivity index (χ0) is 36.4. The normalized spacial score (nSPS) is 12.2. The van der Waals surface area contributed by atoms with Crippen LogP contribution in [0.5, 0.6) is 0 Å². The monoisotopic (exact) mass is 705 g/mol. The van der Waals surface area contributed by atoms with Crippen LogP contribution in [0.3, 0.4) is 0 Å². The number of ether oxygens (including phenoxy) is 1. The second-order valence-corrected chi connectivity index (χ2v) is 15.6. The van der Waals surface area contributed by atoms with Crippen LogP contribution in [0.2, 0.25) is 0 Å². The molecule has 1 unspecified atom stereocenters. The van der Waals surface area contributed by atoms with Crippen LogP contribution in [0.15, 0.2) is 12.2 Å². The predicted molar refractivity (Wildman–Crippen MR) is 218 cm³/mol. The first-order chi connectivity index (χ1) is 24.6. The van der Waals surface area contributed by atoms with E-state index in [1.54, 1.807) is 0 Å². The fourth-order valence-electron chi connectivity index (χ4n) is 7.12. The zero-order valence-electron chi connectivity index (χ0n) is 34.0. The number of carboxylic acid groups (broad SMARTS) is 1. The molecule has 0 aliphatic carbocycles. The van der Waals surface area contributed by atoms with E-state index in [0.717, 1.165) is 64.2 Å². The molecule has 0 heterocycles. The van der Waals surface area contributed by atoms with E-state index in [2.05, 4.69) is 26.0 Å². The number of rotatable bonds is 42. The van der Waals surface area contributed by atoms with E-state index in [1.165, 1.54) is 173 Å². The van der Waals surface area contributed by atoms with Crippen LogP contribution in [0, 0.1) is 0 Å². The highest BCUT2D eigenvalue weighted by Gasteiger charge is 2.14. The molecule has 0 aliphatic heterocycles. The Balaban J connectivity index is 3.93. The number of aliphatic carboxylic acids is 1. The summed E-state index contributed by atoms with van der Waals surface area (Å²) in [6.07, 6.45) is 52.5. The van der Waals surface area contributed by atoms with Gasteiger partial charge in [0.15, 0.2) is 0 Å². The van der Waals surface area contributed by atoms with E-state index in [9.17, 15) is 9.59 Å². The lowest BCUT2D eigenvalue weighted by atomic mass is 10.0. The van der Waals surface area contributed by atoms with E-state index in [0.29, 0.717) is 6.42 Å². The fraction of sp³-hybridized carbons (Fsp3) is 0.913. The van der Waals surface area contributed by atoms with Gasteiger partial charge in [0, 0.05) is 12.8 Å². The second kappa shape index (κ2) is 42.1. The first-order valence-electron chi connectivity index (χ1n) is 22.7. The number of allylic oxidation sites excluding steroid dienone is 2. The molecule has 0 aromatic carbocycles. The molecule has 0 spiro atoms. The van der Waals surface area contributed by atoms with Gasteiger partial charge in [0.2, 0.25) is 0 Å². The average Bonchev–Trinajstić information content (AvgIpc) is 3.10. The molecular formula is C46H88O4. The van der Waals surface area contributed by atoms with Gasteiger partial charge < -0.3 is 9.84 Å². The molecule has 0 amide bonds. The van der Waals surface area contributed by atoms with Gasteiger partial charge in [-0.1, -0.05) is 199 Å². The van der Waals surface area contributed by atoms with Crippen LogP contribution >= 0.6 is 0 Å². The molecule has 0 saturated carbocycles. The maximum absolute atomic E-state index is 12.7. The highest BCUT2D eigenvalue weighted by molar-refractivity contribution is 5.69. The largest absolute Gasteiger partial charge is 0.481 e. The van der Waals surface area contributed by atoms with Crippen LogP contribution in [-0.2, 0) is 14.3 Å². The van der Waals surface area contributed by atoms with Crippen LogP contribution in [0.4, 0.5) is 0 Å². The Morgan fingerprint density at radius 1 is 0.420 bits per heavy atom. The van der Waals surface area contributed by atoms with Crippen molar-refractivity contribution < 1.29 is 19.4 Å². The molecule has 0 aromatic rings. The molecule has 0 rings (SSSR count). The summed E-state index contributed by atoms with van der Waals surface area (Å²) in [4.78, 5) is 23.5. The van der Waals surface area contributed by atoms with E-state index < -0.39 is 5.97 Å². The summed E-state index contributed by atoms with van der Waals surface area (Å²) < 4.78 is 6.03. The molecule has 0 bridgehead atoms. The lowest BCUT2D eigenvalue weighted by molar-refractivity contribution is -0.150. The Morgan fingerprint density at radius 2 is 0.720 bits per heavy atom. The van der Waals surface area contributed by atoms with Crippen molar-refractivity contribution in [3.05, 3.63) is 12.2 Å². The van der Waals surface area contributed by atoms with Crippen molar-refractivity contribution >= 4 is 11.9 Å². The van der Waals surface area contributed by atoms with E-state index in [4.69, 9.17) is 9.84 Å². The summed E-state index contributed by atoms with van der Waals surface area (Å²) in [5.74, 6) is -0.690. The lowest BCUT2D eigenvalue weighted by Crippen LogP contribution is -2.18. The number of carbonyl (C=O) groups is 2. The van der Waals surface area contributed by atoms with Crippen LogP contribution in [0.25, 0.3) is 0 Å². The Morgan fingerprint density at radius 3 is 1.08 bits per heavy atom. The SMILES string of the molecule is CCCCCCCC/C=C\CCCCCCCCCCCC(=O)OC(CCCCCCCCCCCCCCC)CCCCCCCC(=O)O. The zero-order valence-corrected chi connectivity index (χ0v) is 34.0. The molecule has 0 radical (unpaired) electrons. The molecule has 0 aromatic heterocycles. The van der Waals surface area contributed by atoms with Gasteiger partial charge in [-0.25, -0.2) is 0 Å². The summed E-state index contributed by atoms with van der Waals surface area (Å²) in [6, 6.07) is 0. The van der Waals surface area contributed by atoms with Crippen molar-refractivity contribution in [2.24, 2.45) is 0 Å². The van der Waals surface area contributed by atoms with Crippen molar-refractivity contribution in [1.82, 2.24) is 0 Å². The van der Waals surface area contributed by atoms with Gasteiger partial charge in [-0.3, -0.25) is 9.59 Å². The first kappa shape index (κ1) is 48.7. The summed E-state index contributed by atoms with van der Waals surface area (Å²) in [7, 11) is 0. The first-order valence-corrected chi connectivity index (χ1v) is 22.7. The Hall–Kier alpha value is -1.32. The van der Waals surface area contributed by atoms with Crippen molar-refractivity contribution in [3.8, 4) is 0 Å². The molecular weight excluding hydrogens is 617 g/mol. The summed E-state index contributed by atoms with van der Waals surface area (Å²) in [5, 5.41) is 8.84. The number of hydrogen-bond donors (Lipinski definition) is 1. The number of esters is 1. The minimum Gasteiger partial charge on any atom is -0.481 e. The summed E-state index contributed by atoms with van der Waals surface area (Å²) >= 11 is 0. The Kier molecular flexibility index (Phi) is 41.0. The smallest absolute Gasteiger partial charge is 0.306 e. The quantitative estimate of drug-likeness (QED) is 0.0390. The summed E-state index contributed by atoms with van der Waals surface area (Å²) in [5.41, 5.74) is 0. The molecule has 0 fully saturated rings. The molecule has 50 heavy (non-hydrogen) atoms. The number of carboxylic acids is 1. The minimum absolute atomic E-state index is 0.00664. The third-order valence-electron chi connectivity index (χ3n) is 10.5. The van der Waals surface area contributed by atoms with Crippen LogP contribution in [-0.4, -0.2) is 23.1 Å². The van der Waals surface area contributed by atoms with E-state index in [-0.39, 0.29) is 18.5 Å². The highest BCUT2D eigenvalue weighted by Crippen LogP contribution is 2.19. The van der Waals surface area contributed by atoms with Gasteiger partial charge >= 0.3 is 11.9 Å². The van der Waals surface area contributed by atoms with Gasteiger partial charge in [0.1, 0.15) is 6.10 Å². The van der Waals surface area contributed by atoms with Crippen molar-refractivity contribution in [1.29, 1.82) is 0 Å². The predicted octanol–water partition coefficient (Wildman–Crippen LogP) is 15.8.